The number of carbonyl (C=O) groups is 1. The van der Waals surface area contributed by atoms with Gasteiger partial charge >= 0.3 is 0 Å². The van der Waals surface area contributed by atoms with Crippen LogP contribution in [0.25, 0.3) is 0 Å². The number of amides is 1. The van der Waals surface area contributed by atoms with Crippen LogP contribution in [0.1, 0.15) is 29.5 Å². The molecule has 1 saturated heterocycles. The Hall–Kier alpha value is -2.86. The fourth-order valence-corrected chi connectivity index (χ4v) is 4.78. The Balaban J connectivity index is 1.48. The molecule has 2 aromatic carbocycles. The maximum atomic E-state index is 13.0. The number of aromatic nitrogens is 2. The molecule has 1 atom stereocenters. The summed E-state index contributed by atoms with van der Waals surface area (Å²) in [5, 5.41) is 4.01. The lowest BCUT2D eigenvalue weighted by molar-refractivity contribution is -0.120. The molecule has 5 nitrogen and oxygen atoms in total. The Bertz CT molecular complexity index is 1070. The first kappa shape index (κ1) is 21.4. The maximum Gasteiger partial charge on any atom is 0.229 e. The molecule has 3 aromatic rings. The molecule has 4 rings (SSSR count). The van der Waals surface area contributed by atoms with Crippen LogP contribution in [-0.4, -0.2) is 29.0 Å². The summed E-state index contributed by atoms with van der Waals surface area (Å²) in [6.07, 6.45) is 5.30. The van der Waals surface area contributed by atoms with Crippen molar-refractivity contribution in [2.45, 2.75) is 43.5 Å². The van der Waals surface area contributed by atoms with Crippen molar-refractivity contribution >= 4 is 29.2 Å². The van der Waals surface area contributed by atoms with Crippen molar-refractivity contribution in [3.63, 3.8) is 0 Å². The van der Waals surface area contributed by atoms with E-state index in [-0.39, 0.29) is 11.8 Å². The summed E-state index contributed by atoms with van der Waals surface area (Å²) < 4.78 is 0. The zero-order valence-corrected chi connectivity index (χ0v) is 19.1. The molecule has 0 aliphatic carbocycles. The molecule has 0 spiro atoms. The molecule has 6 heteroatoms. The van der Waals surface area contributed by atoms with E-state index >= 15 is 0 Å². The minimum absolute atomic E-state index is 0.0753. The largest absolute Gasteiger partial charge is 0.354 e. The molecule has 1 amide bonds. The van der Waals surface area contributed by atoms with Crippen LogP contribution in [0, 0.1) is 26.7 Å². The van der Waals surface area contributed by atoms with Gasteiger partial charge in [-0.3, -0.25) is 4.79 Å². The van der Waals surface area contributed by atoms with Crippen LogP contribution in [0.5, 0.6) is 0 Å². The molecular formula is C25H28N4OS. The average Bonchev–Trinajstić information content (AvgIpc) is 2.78. The molecule has 160 valence electrons. The first-order chi connectivity index (χ1) is 15.0. The Morgan fingerprint density at radius 3 is 2.55 bits per heavy atom. The van der Waals surface area contributed by atoms with E-state index in [0.29, 0.717) is 6.54 Å². The topological polar surface area (TPSA) is 58.1 Å². The molecule has 1 N–H and O–H groups in total. The summed E-state index contributed by atoms with van der Waals surface area (Å²) in [4.78, 5) is 25.6. The lowest BCUT2D eigenvalue weighted by Crippen LogP contribution is -2.41. The molecule has 0 unspecified atom stereocenters. The minimum Gasteiger partial charge on any atom is -0.354 e. The summed E-state index contributed by atoms with van der Waals surface area (Å²) in [6, 6.07) is 14.5. The van der Waals surface area contributed by atoms with Gasteiger partial charge in [0.15, 0.2) is 5.82 Å². The fraction of sp³-hybridized carbons (Fsp3) is 0.320. The molecular weight excluding hydrogens is 404 g/mol. The van der Waals surface area contributed by atoms with E-state index in [1.807, 2.05) is 19.1 Å². The second-order valence-corrected chi connectivity index (χ2v) is 9.26. The highest BCUT2D eigenvalue weighted by Crippen LogP contribution is 2.34. The number of anilines is 2. The molecule has 31 heavy (non-hydrogen) atoms. The van der Waals surface area contributed by atoms with Gasteiger partial charge in [-0.1, -0.05) is 47.2 Å². The van der Waals surface area contributed by atoms with Gasteiger partial charge in [0.2, 0.25) is 5.91 Å². The number of nitrogens with zero attached hydrogens (tertiary/aromatic N) is 3. The summed E-state index contributed by atoms with van der Waals surface area (Å²) in [6.45, 7) is 7.71. The SMILES string of the molecule is Cc1ccc(Sc2nccnc2N2CCC[C@@H](C(=O)Nc3ccc(C)cc3C)C2)cc1. The van der Waals surface area contributed by atoms with Crippen LogP contribution in [0.3, 0.4) is 0 Å². The fourth-order valence-electron chi connectivity index (χ4n) is 3.90. The van der Waals surface area contributed by atoms with Crippen LogP contribution < -0.4 is 10.2 Å². The number of rotatable bonds is 5. The van der Waals surface area contributed by atoms with Crippen LogP contribution in [0.15, 0.2) is 64.8 Å². The van der Waals surface area contributed by atoms with E-state index in [0.717, 1.165) is 46.4 Å². The Kier molecular flexibility index (Phi) is 6.56. The lowest BCUT2D eigenvalue weighted by atomic mass is 9.97. The van der Waals surface area contributed by atoms with Crippen molar-refractivity contribution in [1.29, 1.82) is 0 Å². The van der Waals surface area contributed by atoms with Gasteiger partial charge in [0.05, 0.1) is 5.92 Å². The Morgan fingerprint density at radius 1 is 1.03 bits per heavy atom. The molecule has 0 bridgehead atoms. The highest BCUT2D eigenvalue weighted by atomic mass is 32.2. The predicted molar refractivity (Wildman–Crippen MR) is 127 cm³/mol. The van der Waals surface area contributed by atoms with Gasteiger partial charge in [0, 0.05) is 36.1 Å². The van der Waals surface area contributed by atoms with Gasteiger partial charge in [0.1, 0.15) is 5.03 Å². The zero-order chi connectivity index (χ0) is 21.8. The van der Waals surface area contributed by atoms with Crippen LogP contribution in [0.2, 0.25) is 0 Å². The standard InChI is InChI=1S/C25H28N4OS/c1-17-6-9-21(10-7-17)31-25-23(26-12-13-27-25)29-14-4-5-20(16-29)24(30)28-22-11-8-18(2)15-19(22)3/h6-13,15,20H,4-5,14,16H2,1-3H3,(H,28,30)/t20-/m1/s1. The van der Waals surface area contributed by atoms with Crippen molar-refractivity contribution in [3.8, 4) is 0 Å². The van der Waals surface area contributed by atoms with Crippen LogP contribution in [-0.2, 0) is 4.79 Å². The molecule has 1 aliphatic rings. The van der Waals surface area contributed by atoms with Gasteiger partial charge < -0.3 is 10.2 Å². The van der Waals surface area contributed by atoms with Gasteiger partial charge in [-0.15, -0.1) is 0 Å². The van der Waals surface area contributed by atoms with Crippen molar-refractivity contribution in [1.82, 2.24) is 9.97 Å². The predicted octanol–water partition coefficient (Wildman–Crippen LogP) is 5.41. The third kappa shape index (κ3) is 5.25. The number of hydrogen-bond donors (Lipinski definition) is 1. The first-order valence-electron chi connectivity index (χ1n) is 10.7. The van der Waals surface area contributed by atoms with E-state index in [1.165, 1.54) is 11.1 Å². The van der Waals surface area contributed by atoms with Gasteiger partial charge in [0.25, 0.3) is 0 Å². The summed E-state index contributed by atoms with van der Waals surface area (Å²) >= 11 is 1.62. The second kappa shape index (κ2) is 9.52. The maximum absolute atomic E-state index is 13.0. The third-order valence-electron chi connectivity index (χ3n) is 5.61. The van der Waals surface area contributed by atoms with Gasteiger partial charge in [-0.2, -0.15) is 0 Å². The van der Waals surface area contributed by atoms with Crippen molar-refractivity contribution in [3.05, 3.63) is 71.5 Å². The van der Waals surface area contributed by atoms with Crippen LogP contribution in [0.4, 0.5) is 11.5 Å². The number of nitrogens with one attached hydrogen (secondary N) is 1. The number of piperidine rings is 1. The van der Waals surface area contributed by atoms with E-state index in [1.54, 1.807) is 24.2 Å². The zero-order valence-electron chi connectivity index (χ0n) is 18.3. The van der Waals surface area contributed by atoms with Crippen molar-refractivity contribution in [2.24, 2.45) is 5.92 Å². The second-order valence-electron chi connectivity index (χ2n) is 8.19. The van der Waals surface area contributed by atoms with E-state index < -0.39 is 0 Å². The number of carbonyl (C=O) groups excluding carboxylic acids is 1. The summed E-state index contributed by atoms with van der Waals surface area (Å²) in [5.74, 6) is 0.860. The third-order valence-corrected chi connectivity index (χ3v) is 6.60. The first-order valence-corrected chi connectivity index (χ1v) is 11.5. The molecule has 1 aromatic heterocycles. The molecule has 1 fully saturated rings. The van der Waals surface area contributed by atoms with Gasteiger partial charge in [-0.25, -0.2) is 9.97 Å². The van der Waals surface area contributed by atoms with Gasteiger partial charge in [-0.05, 0) is 57.4 Å². The molecule has 1 aliphatic heterocycles. The normalized spacial score (nSPS) is 16.2. The summed E-state index contributed by atoms with van der Waals surface area (Å²) in [5.41, 5.74) is 4.41. The molecule has 0 radical (unpaired) electrons. The molecule has 0 saturated carbocycles. The molecule has 2 heterocycles. The Morgan fingerprint density at radius 2 is 1.77 bits per heavy atom. The van der Waals surface area contributed by atoms with Crippen LogP contribution >= 0.6 is 11.8 Å². The van der Waals surface area contributed by atoms with Crippen molar-refractivity contribution < 1.29 is 4.79 Å². The number of benzene rings is 2. The smallest absolute Gasteiger partial charge is 0.229 e. The Labute approximate surface area is 188 Å². The summed E-state index contributed by atoms with van der Waals surface area (Å²) in [7, 11) is 0. The van der Waals surface area contributed by atoms with E-state index in [4.69, 9.17) is 0 Å². The highest BCUT2D eigenvalue weighted by Gasteiger charge is 2.28. The highest BCUT2D eigenvalue weighted by molar-refractivity contribution is 7.99. The quantitative estimate of drug-likeness (QED) is 0.584. The number of aryl methyl sites for hydroxylation is 3. The monoisotopic (exact) mass is 432 g/mol. The lowest BCUT2D eigenvalue weighted by Gasteiger charge is -2.33. The van der Waals surface area contributed by atoms with E-state index in [9.17, 15) is 4.79 Å². The van der Waals surface area contributed by atoms with Crippen molar-refractivity contribution in [2.75, 3.05) is 23.3 Å². The number of hydrogen-bond acceptors (Lipinski definition) is 5. The average molecular weight is 433 g/mol. The van der Waals surface area contributed by atoms with E-state index in [2.05, 4.69) is 64.4 Å². The minimum atomic E-state index is -0.0753.